The fourth-order valence-corrected chi connectivity index (χ4v) is 2.84. The van der Waals surface area contributed by atoms with Crippen LogP contribution in [0.3, 0.4) is 0 Å². The molecule has 8 heteroatoms. The quantitative estimate of drug-likeness (QED) is 0.427. The summed E-state index contributed by atoms with van der Waals surface area (Å²) in [6, 6.07) is 5.63. The van der Waals surface area contributed by atoms with Crippen molar-refractivity contribution in [2.45, 2.75) is 31.2 Å². The maximum Gasteiger partial charge on any atom is 0.289 e. The fourth-order valence-electron chi connectivity index (χ4n) is 1.60. The first-order chi connectivity index (χ1) is 9.34. The van der Waals surface area contributed by atoms with Gasteiger partial charge in [-0.05, 0) is 19.0 Å². The van der Waals surface area contributed by atoms with Crippen molar-refractivity contribution >= 4 is 15.7 Å². The van der Waals surface area contributed by atoms with E-state index in [9.17, 15) is 18.5 Å². The number of para-hydroxylation sites is 1. The minimum absolute atomic E-state index is 0.230. The molecule has 0 aliphatic heterocycles. The SMILES string of the molecule is CC(C)NCCCNS(=O)(=O)c1ccccc1[N+](=O)[O-]. The Morgan fingerprint density at radius 2 is 1.90 bits per heavy atom. The number of nitro groups is 1. The highest BCUT2D eigenvalue weighted by atomic mass is 32.2. The summed E-state index contributed by atoms with van der Waals surface area (Å²) in [5, 5.41) is 14.0. The normalized spacial score (nSPS) is 11.8. The average molecular weight is 301 g/mol. The fraction of sp³-hybridized carbons (Fsp3) is 0.500. The van der Waals surface area contributed by atoms with E-state index in [0.717, 1.165) is 0 Å². The van der Waals surface area contributed by atoms with Crippen molar-refractivity contribution in [2.75, 3.05) is 13.1 Å². The number of nitrogens with one attached hydrogen (secondary N) is 2. The molecule has 0 aliphatic carbocycles. The summed E-state index contributed by atoms with van der Waals surface area (Å²) >= 11 is 0. The molecule has 1 rings (SSSR count). The molecule has 0 spiro atoms. The van der Waals surface area contributed by atoms with Crippen LogP contribution in [0.5, 0.6) is 0 Å². The van der Waals surface area contributed by atoms with Crippen molar-refractivity contribution in [1.82, 2.24) is 10.0 Å². The van der Waals surface area contributed by atoms with E-state index in [-0.39, 0.29) is 11.4 Å². The standard InChI is InChI=1S/C12H19N3O4S/c1-10(2)13-8-5-9-14-20(18,19)12-7-4-3-6-11(12)15(16)17/h3-4,6-7,10,13-14H,5,8-9H2,1-2H3. The topological polar surface area (TPSA) is 101 Å². The van der Waals surface area contributed by atoms with Crippen LogP contribution in [0.15, 0.2) is 29.2 Å². The Morgan fingerprint density at radius 3 is 2.50 bits per heavy atom. The zero-order valence-corrected chi connectivity index (χ0v) is 12.3. The van der Waals surface area contributed by atoms with Crippen LogP contribution in [0.1, 0.15) is 20.3 Å². The third-order valence-electron chi connectivity index (χ3n) is 2.55. The lowest BCUT2D eigenvalue weighted by Crippen LogP contribution is -2.30. The number of hydrogen-bond donors (Lipinski definition) is 2. The highest BCUT2D eigenvalue weighted by molar-refractivity contribution is 7.89. The third kappa shape index (κ3) is 4.87. The second-order valence-corrected chi connectivity index (χ2v) is 6.32. The number of sulfonamides is 1. The van der Waals surface area contributed by atoms with Crippen LogP contribution in [0.4, 0.5) is 5.69 Å². The van der Waals surface area contributed by atoms with Crippen LogP contribution in [-0.4, -0.2) is 32.5 Å². The van der Waals surface area contributed by atoms with Crippen LogP contribution in [0.2, 0.25) is 0 Å². The summed E-state index contributed by atoms with van der Waals surface area (Å²) in [5.41, 5.74) is -0.416. The molecule has 0 saturated carbocycles. The van der Waals surface area contributed by atoms with Crippen molar-refractivity contribution in [1.29, 1.82) is 0 Å². The van der Waals surface area contributed by atoms with Crippen molar-refractivity contribution in [3.63, 3.8) is 0 Å². The predicted molar refractivity (Wildman–Crippen MR) is 76.0 cm³/mol. The van der Waals surface area contributed by atoms with E-state index in [1.807, 2.05) is 13.8 Å². The molecule has 0 atom stereocenters. The molecule has 0 aliphatic rings. The molecule has 0 saturated heterocycles. The Kier molecular flexibility index (Phi) is 6.05. The largest absolute Gasteiger partial charge is 0.314 e. The van der Waals surface area contributed by atoms with Crippen molar-refractivity contribution in [3.05, 3.63) is 34.4 Å². The molecular formula is C12H19N3O4S. The molecule has 7 nitrogen and oxygen atoms in total. The summed E-state index contributed by atoms with van der Waals surface area (Å²) in [7, 11) is -3.86. The van der Waals surface area contributed by atoms with Gasteiger partial charge in [-0.1, -0.05) is 26.0 Å². The van der Waals surface area contributed by atoms with E-state index in [2.05, 4.69) is 10.0 Å². The molecule has 0 radical (unpaired) electrons. The van der Waals surface area contributed by atoms with Gasteiger partial charge < -0.3 is 5.32 Å². The van der Waals surface area contributed by atoms with Gasteiger partial charge >= 0.3 is 0 Å². The van der Waals surface area contributed by atoms with Crippen molar-refractivity contribution in [3.8, 4) is 0 Å². The first-order valence-corrected chi connectivity index (χ1v) is 7.79. The Bertz CT molecular complexity index is 558. The molecule has 0 heterocycles. The Morgan fingerprint density at radius 1 is 1.25 bits per heavy atom. The van der Waals surface area contributed by atoms with Gasteiger partial charge in [-0.3, -0.25) is 10.1 Å². The Hall–Kier alpha value is -1.51. The lowest BCUT2D eigenvalue weighted by molar-refractivity contribution is -0.387. The van der Waals surface area contributed by atoms with Crippen LogP contribution in [0.25, 0.3) is 0 Å². The zero-order chi connectivity index (χ0) is 15.2. The van der Waals surface area contributed by atoms with E-state index in [4.69, 9.17) is 0 Å². The Balaban J connectivity index is 2.68. The maximum absolute atomic E-state index is 12.0. The lowest BCUT2D eigenvalue weighted by Gasteiger charge is -2.09. The molecule has 0 amide bonds. The molecule has 1 aromatic carbocycles. The predicted octanol–water partition coefficient (Wildman–Crippen LogP) is 1.26. The van der Waals surface area contributed by atoms with Crippen LogP contribution in [-0.2, 0) is 10.0 Å². The second-order valence-electron chi connectivity index (χ2n) is 4.58. The molecule has 2 N–H and O–H groups in total. The van der Waals surface area contributed by atoms with Gasteiger partial charge in [0, 0.05) is 18.7 Å². The van der Waals surface area contributed by atoms with Gasteiger partial charge in [-0.25, -0.2) is 13.1 Å². The maximum atomic E-state index is 12.0. The van der Waals surface area contributed by atoms with E-state index in [0.29, 0.717) is 19.0 Å². The first-order valence-electron chi connectivity index (χ1n) is 6.31. The van der Waals surface area contributed by atoms with Crippen LogP contribution in [0, 0.1) is 10.1 Å². The number of nitrogens with zero attached hydrogens (tertiary/aromatic N) is 1. The monoisotopic (exact) mass is 301 g/mol. The van der Waals surface area contributed by atoms with Gasteiger partial charge in [0.05, 0.1) is 4.92 Å². The molecule has 0 aromatic heterocycles. The van der Waals surface area contributed by atoms with E-state index in [1.54, 1.807) is 0 Å². The molecule has 0 unspecified atom stereocenters. The van der Waals surface area contributed by atoms with E-state index in [1.165, 1.54) is 24.3 Å². The molecule has 1 aromatic rings. The molecule has 20 heavy (non-hydrogen) atoms. The Labute approximate surface area is 118 Å². The number of hydrogen-bond acceptors (Lipinski definition) is 5. The summed E-state index contributed by atoms with van der Waals surface area (Å²) < 4.78 is 26.4. The van der Waals surface area contributed by atoms with Gasteiger partial charge in [-0.2, -0.15) is 0 Å². The smallest absolute Gasteiger partial charge is 0.289 e. The zero-order valence-electron chi connectivity index (χ0n) is 11.5. The van der Waals surface area contributed by atoms with Crippen molar-refractivity contribution in [2.24, 2.45) is 0 Å². The van der Waals surface area contributed by atoms with Crippen LogP contribution < -0.4 is 10.0 Å². The van der Waals surface area contributed by atoms with Gasteiger partial charge in [0.25, 0.3) is 5.69 Å². The first kappa shape index (κ1) is 16.5. The minimum Gasteiger partial charge on any atom is -0.314 e. The highest BCUT2D eigenvalue weighted by Gasteiger charge is 2.24. The summed E-state index contributed by atoms with van der Waals surface area (Å²) in [4.78, 5) is 9.82. The van der Waals surface area contributed by atoms with E-state index >= 15 is 0 Å². The number of benzene rings is 1. The van der Waals surface area contributed by atoms with Crippen molar-refractivity contribution < 1.29 is 13.3 Å². The average Bonchev–Trinajstić information content (AvgIpc) is 2.37. The summed E-state index contributed by atoms with van der Waals surface area (Å²) in [6.45, 7) is 4.90. The van der Waals surface area contributed by atoms with Gasteiger partial charge in [0.1, 0.15) is 0 Å². The third-order valence-corrected chi connectivity index (χ3v) is 4.06. The number of rotatable bonds is 8. The van der Waals surface area contributed by atoms with Crippen LogP contribution >= 0.6 is 0 Å². The van der Waals surface area contributed by atoms with Gasteiger partial charge in [-0.15, -0.1) is 0 Å². The summed E-state index contributed by atoms with van der Waals surface area (Å²) in [6.07, 6.45) is 0.609. The summed E-state index contributed by atoms with van der Waals surface area (Å²) in [5.74, 6) is 0. The van der Waals surface area contributed by atoms with Gasteiger partial charge in [0.2, 0.25) is 10.0 Å². The number of nitro benzene ring substituents is 1. The van der Waals surface area contributed by atoms with E-state index < -0.39 is 20.6 Å². The molecular weight excluding hydrogens is 282 g/mol. The molecule has 0 fully saturated rings. The molecule has 112 valence electrons. The second kappa shape index (κ2) is 7.32. The minimum atomic E-state index is -3.86. The van der Waals surface area contributed by atoms with Gasteiger partial charge in [0.15, 0.2) is 4.90 Å². The molecule has 0 bridgehead atoms. The lowest BCUT2D eigenvalue weighted by atomic mass is 10.3. The highest BCUT2D eigenvalue weighted by Crippen LogP contribution is 2.22.